The Hall–Kier alpha value is -3.41. The molecule has 0 radical (unpaired) electrons. The van der Waals surface area contributed by atoms with Crippen LogP contribution < -0.4 is 5.69 Å². The van der Waals surface area contributed by atoms with Gasteiger partial charge in [0.05, 0.1) is 28.4 Å². The fourth-order valence-electron chi connectivity index (χ4n) is 4.71. The van der Waals surface area contributed by atoms with E-state index in [4.69, 9.17) is 27.9 Å². The fourth-order valence-corrected chi connectivity index (χ4v) is 5.10. The molecule has 1 unspecified atom stereocenters. The molecule has 2 bridgehead atoms. The third-order valence-corrected chi connectivity index (χ3v) is 7.18. The second kappa shape index (κ2) is 7.87. The lowest BCUT2D eigenvalue weighted by Crippen LogP contribution is -2.38. The lowest BCUT2D eigenvalue weighted by molar-refractivity contribution is 0.0870. The van der Waals surface area contributed by atoms with Gasteiger partial charge < -0.3 is 9.84 Å². The van der Waals surface area contributed by atoms with E-state index in [2.05, 4.69) is 0 Å². The first kappa shape index (κ1) is 21.4. The molecule has 10 heteroatoms. The van der Waals surface area contributed by atoms with E-state index < -0.39 is 17.8 Å². The van der Waals surface area contributed by atoms with Crippen LogP contribution in [0.15, 0.2) is 41.2 Å². The highest BCUT2D eigenvalue weighted by Crippen LogP contribution is 2.49. The molecule has 3 heterocycles. The number of nitriles is 1. The Kier molecular flexibility index (Phi) is 5.11. The van der Waals surface area contributed by atoms with Crippen molar-refractivity contribution in [2.75, 3.05) is 6.54 Å². The topological polar surface area (TPSA) is 100 Å². The number of aromatic nitrogens is 2. The maximum absolute atomic E-state index is 13.2. The molecule has 1 fully saturated rings. The number of halogens is 2. The summed E-state index contributed by atoms with van der Waals surface area (Å²) in [7, 11) is 0. The van der Waals surface area contributed by atoms with Crippen molar-refractivity contribution in [3.8, 4) is 17.6 Å². The van der Waals surface area contributed by atoms with Gasteiger partial charge in [0.25, 0.3) is 0 Å². The number of aromatic hydroxyl groups is 1. The molecule has 33 heavy (non-hydrogen) atoms. The Morgan fingerprint density at radius 2 is 2.03 bits per heavy atom. The van der Waals surface area contributed by atoms with Gasteiger partial charge in [-0.1, -0.05) is 41.4 Å². The number of ether oxygens (including phenoxy) is 1. The zero-order chi connectivity index (χ0) is 23.4. The van der Waals surface area contributed by atoms with Gasteiger partial charge in [-0.3, -0.25) is 9.47 Å². The number of amides is 1. The summed E-state index contributed by atoms with van der Waals surface area (Å²) in [5.74, 6) is -0.250. The number of imidazole rings is 1. The molecular formula is C23H18Cl2N4O4. The van der Waals surface area contributed by atoms with Crippen LogP contribution >= 0.6 is 23.2 Å². The standard InChI is InChI=1S/C23H18Cl2N4O4/c1-12-17(7-6-13(9-26)19(12)25)29-21(30)20-18-8-15(28(20)22(29)31)10-27(18)23(32)33-11-14-4-2-3-5-16(14)24/h2-7,15,18,30H,8,10-11H2,1H3/t15-,18?/m1/s1. The molecule has 1 N–H and O–H groups in total. The van der Waals surface area contributed by atoms with E-state index in [-0.39, 0.29) is 29.1 Å². The number of hydrogen-bond donors (Lipinski definition) is 1. The molecule has 8 nitrogen and oxygen atoms in total. The van der Waals surface area contributed by atoms with Gasteiger partial charge in [-0.05, 0) is 37.1 Å². The summed E-state index contributed by atoms with van der Waals surface area (Å²) in [5, 5.41) is 20.9. The minimum absolute atomic E-state index is 0.0229. The number of rotatable bonds is 3. The fraction of sp³-hybridized carbons (Fsp3) is 0.261. The van der Waals surface area contributed by atoms with Crippen LogP contribution in [0.1, 0.15) is 40.9 Å². The van der Waals surface area contributed by atoms with Gasteiger partial charge in [0.1, 0.15) is 18.4 Å². The molecule has 1 amide bonds. The predicted octanol–water partition coefficient (Wildman–Crippen LogP) is 4.47. The molecular weight excluding hydrogens is 467 g/mol. The molecule has 2 aliphatic heterocycles. The van der Waals surface area contributed by atoms with E-state index in [1.54, 1.807) is 31.2 Å². The number of carbonyl (C=O) groups excluding carboxylic acids is 1. The molecule has 2 aliphatic rings. The summed E-state index contributed by atoms with van der Waals surface area (Å²) in [5.41, 5.74) is 1.81. The van der Waals surface area contributed by atoms with E-state index >= 15 is 0 Å². The molecule has 5 rings (SSSR count). The van der Waals surface area contributed by atoms with Crippen LogP contribution in [0, 0.1) is 18.3 Å². The Bertz CT molecular complexity index is 1400. The normalized spacial score (nSPS) is 18.3. The Morgan fingerprint density at radius 3 is 2.76 bits per heavy atom. The van der Waals surface area contributed by atoms with Gasteiger partial charge in [0.2, 0.25) is 5.88 Å². The average molecular weight is 485 g/mol. The van der Waals surface area contributed by atoms with Crippen LogP contribution in [-0.4, -0.2) is 31.8 Å². The summed E-state index contributed by atoms with van der Waals surface area (Å²) in [6.07, 6.45) is -0.0151. The van der Waals surface area contributed by atoms with Gasteiger partial charge in [0.15, 0.2) is 0 Å². The summed E-state index contributed by atoms with van der Waals surface area (Å²) in [6.45, 7) is 2.00. The van der Waals surface area contributed by atoms with E-state index in [0.717, 1.165) is 0 Å². The number of fused-ring (bicyclic) bond motifs is 5. The molecule has 168 valence electrons. The number of likely N-dealkylation sites (tertiary alicyclic amines) is 1. The Balaban J connectivity index is 1.46. The largest absolute Gasteiger partial charge is 0.493 e. The van der Waals surface area contributed by atoms with Crippen LogP contribution in [0.25, 0.3) is 5.69 Å². The highest BCUT2D eigenvalue weighted by atomic mass is 35.5. The Labute approximate surface area is 198 Å². The highest BCUT2D eigenvalue weighted by molar-refractivity contribution is 6.32. The zero-order valence-corrected chi connectivity index (χ0v) is 19.0. The number of nitrogens with zero attached hydrogens (tertiary/aromatic N) is 4. The second-order valence-electron chi connectivity index (χ2n) is 8.08. The van der Waals surface area contributed by atoms with Crippen molar-refractivity contribution in [2.45, 2.75) is 32.0 Å². The second-order valence-corrected chi connectivity index (χ2v) is 8.87. The quantitative estimate of drug-likeness (QED) is 0.590. The van der Waals surface area contributed by atoms with Gasteiger partial charge >= 0.3 is 11.8 Å². The van der Waals surface area contributed by atoms with Crippen molar-refractivity contribution in [1.29, 1.82) is 5.26 Å². The van der Waals surface area contributed by atoms with Crippen LogP contribution in [0.2, 0.25) is 10.0 Å². The van der Waals surface area contributed by atoms with Crippen molar-refractivity contribution >= 4 is 29.3 Å². The van der Waals surface area contributed by atoms with Gasteiger partial charge in [-0.25, -0.2) is 14.2 Å². The summed E-state index contributed by atoms with van der Waals surface area (Å²) in [4.78, 5) is 27.6. The summed E-state index contributed by atoms with van der Waals surface area (Å²) < 4.78 is 8.17. The first-order chi connectivity index (χ1) is 15.8. The van der Waals surface area contributed by atoms with Crippen LogP contribution in [0.4, 0.5) is 4.79 Å². The van der Waals surface area contributed by atoms with Crippen molar-refractivity contribution in [3.63, 3.8) is 0 Å². The maximum Gasteiger partial charge on any atom is 0.410 e. The van der Waals surface area contributed by atoms with Crippen molar-refractivity contribution in [3.05, 3.63) is 79.3 Å². The van der Waals surface area contributed by atoms with Crippen molar-refractivity contribution < 1.29 is 14.6 Å². The van der Waals surface area contributed by atoms with Crippen LogP contribution in [0.5, 0.6) is 5.88 Å². The molecule has 0 saturated carbocycles. The van der Waals surface area contributed by atoms with E-state index in [0.29, 0.717) is 40.5 Å². The molecule has 2 aromatic carbocycles. The van der Waals surface area contributed by atoms with Gasteiger partial charge in [0, 0.05) is 17.1 Å². The van der Waals surface area contributed by atoms with E-state index in [9.17, 15) is 20.0 Å². The van der Waals surface area contributed by atoms with Crippen LogP contribution in [-0.2, 0) is 11.3 Å². The molecule has 1 aromatic heterocycles. The summed E-state index contributed by atoms with van der Waals surface area (Å²) >= 11 is 12.4. The molecule has 1 saturated heterocycles. The first-order valence-corrected chi connectivity index (χ1v) is 11.0. The zero-order valence-electron chi connectivity index (χ0n) is 17.5. The monoisotopic (exact) mass is 484 g/mol. The number of hydrogen-bond acceptors (Lipinski definition) is 5. The third-order valence-electron chi connectivity index (χ3n) is 6.32. The molecule has 2 atom stereocenters. The number of benzene rings is 2. The SMILES string of the molecule is Cc1c(-n2c(O)c3n(c2=O)[C@@H]2CC3N(C(=O)OCc3ccccc3Cl)C2)ccc(C#N)c1Cl. The summed E-state index contributed by atoms with van der Waals surface area (Å²) in [6, 6.07) is 11.4. The van der Waals surface area contributed by atoms with Gasteiger partial charge in [-0.2, -0.15) is 5.26 Å². The van der Waals surface area contributed by atoms with E-state index in [1.807, 2.05) is 12.1 Å². The average Bonchev–Trinajstić information content (AvgIpc) is 3.47. The first-order valence-electron chi connectivity index (χ1n) is 10.3. The minimum atomic E-state index is -0.536. The highest BCUT2D eigenvalue weighted by Gasteiger charge is 2.49. The molecule has 3 aromatic rings. The lowest BCUT2D eigenvalue weighted by Gasteiger charge is -2.27. The van der Waals surface area contributed by atoms with Gasteiger partial charge in [-0.15, -0.1) is 0 Å². The lowest BCUT2D eigenvalue weighted by atomic mass is 10.1. The third kappa shape index (κ3) is 3.19. The van der Waals surface area contributed by atoms with Crippen molar-refractivity contribution in [1.82, 2.24) is 14.0 Å². The number of carbonyl (C=O) groups is 1. The van der Waals surface area contributed by atoms with Crippen LogP contribution in [0.3, 0.4) is 0 Å². The van der Waals surface area contributed by atoms with E-state index in [1.165, 1.54) is 20.1 Å². The molecule has 0 spiro atoms. The minimum Gasteiger partial charge on any atom is -0.493 e. The smallest absolute Gasteiger partial charge is 0.410 e. The predicted molar refractivity (Wildman–Crippen MR) is 121 cm³/mol. The van der Waals surface area contributed by atoms with Crippen molar-refractivity contribution in [2.24, 2.45) is 0 Å². The Morgan fingerprint density at radius 1 is 1.27 bits per heavy atom. The maximum atomic E-state index is 13.2. The molecule has 0 aliphatic carbocycles.